The van der Waals surface area contributed by atoms with Crippen molar-refractivity contribution in [2.45, 2.75) is 57.1 Å². The zero-order valence-electron chi connectivity index (χ0n) is 17.6. The van der Waals surface area contributed by atoms with Crippen molar-refractivity contribution in [3.05, 3.63) is 59.7 Å². The van der Waals surface area contributed by atoms with Gasteiger partial charge in [-0.3, -0.25) is 4.79 Å². The summed E-state index contributed by atoms with van der Waals surface area (Å²) in [6.07, 6.45) is 4.44. The molecule has 1 saturated carbocycles. The molecule has 2 aromatic rings. The number of hydrogen-bond donors (Lipinski definition) is 2. The average molecular weight is 430 g/mol. The summed E-state index contributed by atoms with van der Waals surface area (Å²) in [5, 5.41) is 13.0. The van der Waals surface area contributed by atoms with Gasteiger partial charge in [-0.25, -0.2) is 8.78 Å². The van der Waals surface area contributed by atoms with E-state index < -0.39 is 17.0 Å². The highest BCUT2D eigenvalue weighted by Crippen LogP contribution is 2.38. The fourth-order valence-electron chi connectivity index (χ4n) is 4.79. The predicted molar refractivity (Wildman–Crippen MR) is 114 cm³/mol. The standard InChI is InChI=1S/C25H29F2NO3/c26-22-10-5-17(15-23(22)27)21-4-2-1-3-18(21)16-25(11-13-31-14-12-25)24(30)28-19-6-8-20(29)9-7-19/h1-5,10,15,19-20,29H,6-9,11-14,16H2,(H,28,30). The highest BCUT2D eigenvalue weighted by molar-refractivity contribution is 5.84. The molecule has 0 bridgehead atoms. The maximum absolute atomic E-state index is 13.9. The highest BCUT2D eigenvalue weighted by Gasteiger charge is 2.41. The molecule has 4 nitrogen and oxygen atoms in total. The minimum atomic E-state index is -0.884. The predicted octanol–water partition coefficient (Wildman–Crippen LogP) is 4.39. The molecule has 6 heteroatoms. The highest BCUT2D eigenvalue weighted by atomic mass is 19.2. The van der Waals surface area contributed by atoms with Crippen LogP contribution in [-0.2, 0) is 16.0 Å². The van der Waals surface area contributed by atoms with E-state index >= 15 is 0 Å². The average Bonchev–Trinajstić information content (AvgIpc) is 2.78. The van der Waals surface area contributed by atoms with Crippen LogP contribution in [0.1, 0.15) is 44.1 Å². The van der Waals surface area contributed by atoms with Crippen molar-refractivity contribution in [2.24, 2.45) is 5.41 Å². The number of rotatable bonds is 5. The van der Waals surface area contributed by atoms with Crippen molar-refractivity contribution in [1.29, 1.82) is 0 Å². The molecule has 0 atom stereocenters. The van der Waals surface area contributed by atoms with Gasteiger partial charge in [0.25, 0.3) is 0 Å². The van der Waals surface area contributed by atoms with Crippen molar-refractivity contribution in [3.8, 4) is 11.1 Å². The summed E-state index contributed by atoms with van der Waals surface area (Å²) in [6.45, 7) is 1.04. The Bertz CT molecular complexity index is 919. The van der Waals surface area contributed by atoms with Gasteiger partial charge in [0.05, 0.1) is 11.5 Å². The zero-order chi connectivity index (χ0) is 21.8. The first-order valence-electron chi connectivity index (χ1n) is 11.1. The summed E-state index contributed by atoms with van der Waals surface area (Å²) in [7, 11) is 0. The lowest BCUT2D eigenvalue weighted by Crippen LogP contribution is -2.50. The largest absolute Gasteiger partial charge is 0.393 e. The molecule has 4 rings (SSSR count). The normalized spacial score (nSPS) is 23.3. The van der Waals surface area contributed by atoms with E-state index in [0.29, 0.717) is 50.9 Å². The monoisotopic (exact) mass is 429 g/mol. The molecule has 1 aliphatic heterocycles. The van der Waals surface area contributed by atoms with Gasteiger partial charge in [-0.15, -0.1) is 0 Å². The number of aliphatic hydroxyl groups is 1. The van der Waals surface area contributed by atoms with Crippen LogP contribution >= 0.6 is 0 Å². The second-order valence-corrected chi connectivity index (χ2v) is 8.83. The number of ether oxygens (including phenoxy) is 1. The molecular formula is C25H29F2NO3. The Morgan fingerprint density at radius 2 is 1.74 bits per heavy atom. The lowest BCUT2D eigenvalue weighted by molar-refractivity contribution is -0.137. The van der Waals surface area contributed by atoms with Crippen LogP contribution in [0.15, 0.2) is 42.5 Å². The first-order valence-corrected chi connectivity index (χ1v) is 11.1. The molecule has 2 fully saturated rings. The third kappa shape index (κ3) is 4.96. The van der Waals surface area contributed by atoms with Gasteiger partial charge in [0.2, 0.25) is 5.91 Å². The second-order valence-electron chi connectivity index (χ2n) is 8.83. The first-order chi connectivity index (χ1) is 15.0. The number of amides is 1. The van der Waals surface area contributed by atoms with Gasteiger partial charge < -0.3 is 15.2 Å². The summed E-state index contributed by atoms with van der Waals surface area (Å²) >= 11 is 0. The first kappa shape index (κ1) is 21.9. The molecule has 0 radical (unpaired) electrons. The van der Waals surface area contributed by atoms with E-state index in [-0.39, 0.29) is 18.1 Å². The summed E-state index contributed by atoms with van der Waals surface area (Å²) in [5.74, 6) is -1.73. The van der Waals surface area contributed by atoms with Crippen LogP contribution in [0, 0.1) is 17.0 Å². The van der Waals surface area contributed by atoms with Gasteiger partial charge in [-0.05, 0) is 73.8 Å². The summed E-state index contributed by atoms with van der Waals surface area (Å²) in [6, 6.07) is 11.6. The Morgan fingerprint density at radius 3 is 2.45 bits per heavy atom. The Balaban J connectivity index is 1.60. The molecule has 1 aliphatic carbocycles. The molecule has 1 heterocycles. The maximum Gasteiger partial charge on any atom is 0.226 e. The molecule has 0 spiro atoms. The Labute approximate surface area is 181 Å². The van der Waals surface area contributed by atoms with Crippen LogP contribution in [0.2, 0.25) is 0 Å². The van der Waals surface area contributed by atoms with E-state index in [0.717, 1.165) is 30.0 Å². The van der Waals surface area contributed by atoms with Crippen LogP contribution < -0.4 is 5.32 Å². The topological polar surface area (TPSA) is 58.6 Å². The Hall–Kier alpha value is -2.31. The number of halogens is 2. The van der Waals surface area contributed by atoms with Crippen LogP contribution in [0.25, 0.3) is 11.1 Å². The molecule has 2 N–H and O–H groups in total. The van der Waals surface area contributed by atoms with Crippen LogP contribution in [0.3, 0.4) is 0 Å². The molecule has 1 amide bonds. The Kier molecular flexibility index (Phi) is 6.68. The molecular weight excluding hydrogens is 400 g/mol. The van der Waals surface area contributed by atoms with E-state index in [1.54, 1.807) is 6.07 Å². The zero-order valence-corrected chi connectivity index (χ0v) is 17.6. The van der Waals surface area contributed by atoms with E-state index in [2.05, 4.69) is 5.32 Å². The number of benzene rings is 2. The van der Waals surface area contributed by atoms with Gasteiger partial charge in [-0.2, -0.15) is 0 Å². The smallest absolute Gasteiger partial charge is 0.226 e. The maximum atomic E-state index is 13.9. The van der Waals surface area contributed by atoms with Gasteiger partial charge >= 0.3 is 0 Å². The molecule has 2 aromatic carbocycles. The fraction of sp³-hybridized carbons (Fsp3) is 0.480. The lowest BCUT2D eigenvalue weighted by Gasteiger charge is -2.38. The number of carbonyl (C=O) groups excluding carboxylic acids is 1. The van der Waals surface area contributed by atoms with Crippen LogP contribution in [0.4, 0.5) is 8.78 Å². The van der Waals surface area contributed by atoms with E-state index in [1.165, 1.54) is 6.07 Å². The minimum absolute atomic E-state index is 0.0253. The molecule has 0 aromatic heterocycles. The summed E-state index contributed by atoms with van der Waals surface area (Å²) in [5.41, 5.74) is 1.73. The third-order valence-electron chi connectivity index (χ3n) is 6.74. The van der Waals surface area contributed by atoms with E-state index in [1.807, 2.05) is 24.3 Å². The number of nitrogens with one attached hydrogen (secondary N) is 1. The van der Waals surface area contributed by atoms with Crippen molar-refractivity contribution in [3.63, 3.8) is 0 Å². The number of carbonyl (C=O) groups is 1. The second kappa shape index (κ2) is 9.45. The summed E-state index contributed by atoms with van der Waals surface area (Å²) in [4.78, 5) is 13.5. The van der Waals surface area contributed by atoms with E-state index in [4.69, 9.17) is 4.74 Å². The lowest BCUT2D eigenvalue weighted by atomic mass is 9.73. The molecule has 31 heavy (non-hydrogen) atoms. The SMILES string of the molecule is O=C(NC1CCC(O)CC1)C1(Cc2ccccc2-c2ccc(F)c(F)c2)CCOCC1. The van der Waals surface area contributed by atoms with Crippen LogP contribution in [0.5, 0.6) is 0 Å². The fourth-order valence-corrected chi connectivity index (χ4v) is 4.79. The van der Waals surface area contributed by atoms with Crippen molar-refractivity contribution in [1.82, 2.24) is 5.32 Å². The van der Waals surface area contributed by atoms with Gasteiger partial charge in [-0.1, -0.05) is 30.3 Å². The molecule has 1 saturated heterocycles. The summed E-state index contributed by atoms with van der Waals surface area (Å²) < 4.78 is 32.9. The third-order valence-corrected chi connectivity index (χ3v) is 6.74. The van der Waals surface area contributed by atoms with Gasteiger partial charge in [0.1, 0.15) is 0 Å². The number of hydrogen-bond acceptors (Lipinski definition) is 3. The molecule has 0 unspecified atom stereocenters. The van der Waals surface area contributed by atoms with Gasteiger partial charge in [0.15, 0.2) is 11.6 Å². The van der Waals surface area contributed by atoms with Crippen LogP contribution in [-0.4, -0.2) is 36.4 Å². The Morgan fingerprint density at radius 1 is 1.03 bits per heavy atom. The molecule has 166 valence electrons. The van der Waals surface area contributed by atoms with Crippen molar-refractivity contribution < 1.29 is 23.4 Å². The van der Waals surface area contributed by atoms with Crippen molar-refractivity contribution >= 4 is 5.91 Å². The van der Waals surface area contributed by atoms with E-state index in [9.17, 15) is 18.7 Å². The number of aliphatic hydroxyl groups excluding tert-OH is 1. The molecule has 2 aliphatic rings. The van der Waals surface area contributed by atoms with Crippen molar-refractivity contribution in [2.75, 3.05) is 13.2 Å². The quantitative estimate of drug-likeness (QED) is 0.741. The minimum Gasteiger partial charge on any atom is -0.393 e. The van der Waals surface area contributed by atoms with Gasteiger partial charge in [0, 0.05) is 19.3 Å².